The number of amides is 1. The van der Waals surface area contributed by atoms with Gasteiger partial charge in [-0.2, -0.15) is 0 Å². The van der Waals surface area contributed by atoms with Crippen molar-refractivity contribution >= 4 is 23.2 Å². The van der Waals surface area contributed by atoms with Crippen molar-refractivity contribution in [1.29, 1.82) is 0 Å². The Morgan fingerprint density at radius 3 is 2.19 bits per heavy atom. The van der Waals surface area contributed by atoms with Crippen molar-refractivity contribution in [3.63, 3.8) is 0 Å². The number of benzene rings is 2. The van der Waals surface area contributed by atoms with Crippen LogP contribution in [0.2, 0.25) is 0 Å². The lowest BCUT2D eigenvalue weighted by atomic mass is 10.0. The predicted octanol–water partition coefficient (Wildman–Crippen LogP) is 4.10. The van der Waals surface area contributed by atoms with Gasteiger partial charge in [-0.15, -0.1) is 13.2 Å². The Balaban J connectivity index is 1.94. The Kier molecular flexibility index (Phi) is 4.50. The molecule has 0 atom stereocenters. The molecule has 2 aromatic carbocycles. The van der Waals surface area contributed by atoms with Gasteiger partial charge in [0.05, 0.1) is 19.9 Å². The monoisotopic (exact) mass is 365 g/mol. The summed E-state index contributed by atoms with van der Waals surface area (Å²) in [5, 5.41) is 2.72. The first-order chi connectivity index (χ1) is 12.3. The molecule has 0 saturated carbocycles. The number of nitrogens with one attached hydrogen (secondary N) is 1. The van der Waals surface area contributed by atoms with E-state index < -0.39 is 6.36 Å². The summed E-state index contributed by atoms with van der Waals surface area (Å²) in [6.07, 6.45) is -3.18. The largest absolute Gasteiger partial charge is 0.573 e. The van der Waals surface area contributed by atoms with E-state index in [-0.39, 0.29) is 11.7 Å². The number of rotatable bonds is 4. The molecule has 2 aromatic rings. The van der Waals surface area contributed by atoms with Crippen LogP contribution in [0.15, 0.2) is 36.4 Å². The minimum Gasteiger partial charge on any atom is -0.493 e. The number of carbonyl (C=O) groups is 1. The van der Waals surface area contributed by atoms with Crippen molar-refractivity contribution in [3.8, 4) is 17.2 Å². The third-order valence-electron chi connectivity index (χ3n) is 3.73. The number of alkyl halides is 3. The Hall–Kier alpha value is -3.16. The van der Waals surface area contributed by atoms with Crippen molar-refractivity contribution in [3.05, 3.63) is 47.5 Å². The molecule has 0 fully saturated rings. The highest BCUT2D eigenvalue weighted by Gasteiger charge is 2.31. The normalized spacial score (nSPS) is 14.8. The maximum Gasteiger partial charge on any atom is 0.573 e. The minimum atomic E-state index is -4.75. The summed E-state index contributed by atoms with van der Waals surface area (Å²) in [6, 6.07) is 8.54. The first kappa shape index (κ1) is 17.7. The molecule has 8 heteroatoms. The molecule has 0 saturated heterocycles. The summed E-state index contributed by atoms with van der Waals surface area (Å²) in [4.78, 5) is 12.3. The summed E-state index contributed by atoms with van der Waals surface area (Å²) in [5.74, 6) is 0.275. The smallest absolute Gasteiger partial charge is 0.493 e. The molecule has 1 aliphatic rings. The number of ether oxygens (including phenoxy) is 3. The second kappa shape index (κ2) is 6.62. The standard InChI is InChI=1S/C18H14F3NO4/c1-24-15-8-12-13(17(23)22-14(12)9-16(15)25-2)7-10-3-5-11(6-4-10)26-18(19,20)21/h3-9H,1-2H3,(H,22,23)/b13-7-. The van der Waals surface area contributed by atoms with Crippen LogP contribution in [0.3, 0.4) is 0 Å². The number of hydrogen-bond acceptors (Lipinski definition) is 4. The molecule has 1 heterocycles. The van der Waals surface area contributed by atoms with Crippen LogP contribution in [0.5, 0.6) is 17.2 Å². The van der Waals surface area contributed by atoms with Crippen molar-refractivity contribution in [2.24, 2.45) is 0 Å². The average Bonchev–Trinajstić information content (AvgIpc) is 2.88. The molecular weight excluding hydrogens is 351 g/mol. The van der Waals surface area contributed by atoms with E-state index >= 15 is 0 Å². The van der Waals surface area contributed by atoms with Gasteiger partial charge in [0.1, 0.15) is 5.75 Å². The van der Waals surface area contributed by atoms with E-state index in [1.165, 1.54) is 38.5 Å². The Morgan fingerprint density at radius 2 is 1.62 bits per heavy atom. The van der Waals surface area contributed by atoms with Crippen LogP contribution in [0.4, 0.5) is 18.9 Å². The second-order valence-corrected chi connectivity index (χ2v) is 5.38. The lowest BCUT2D eigenvalue weighted by Crippen LogP contribution is -2.16. The highest BCUT2D eigenvalue weighted by molar-refractivity contribution is 6.35. The fourth-order valence-corrected chi connectivity index (χ4v) is 2.59. The zero-order chi connectivity index (χ0) is 18.9. The first-order valence-electron chi connectivity index (χ1n) is 7.46. The third-order valence-corrected chi connectivity index (χ3v) is 3.73. The molecule has 5 nitrogen and oxygen atoms in total. The van der Waals surface area contributed by atoms with Crippen LogP contribution >= 0.6 is 0 Å². The fourth-order valence-electron chi connectivity index (χ4n) is 2.59. The average molecular weight is 365 g/mol. The molecule has 0 aromatic heterocycles. The lowest BCUT2D eigenvalue weighted by Gasteiger charge is -2.10. The number of hydrogen-bond donors (Lipinski definition) is 1. The van der Waals surface area contributed by atoms with Gasteiger partial charge in [0.2, 0.25) is 0 Å². The number of carbonyl (C=O) groups excluding carboxylic acids is 1. The highest BCUT2D eigenvalue weighted by atomic mass is 19.4. The molecule has 1 N–H and O–H groups in total. The van der Waals surface area contributed by atoms with Crippen molar-refractivity contribution in [2.75, 3.05) is 19.5 Å². The summed E-state index contributed by atoms with van der Waals surface area (Å²) in [5.41, 5.74) is 2.09. The second-order valence-electron chi connectivity index (χ2n) is 5.38. The van der Waals surface area contributed by atoms with Gasteiger partial charge in [0.15, 0.2) is 11.5 Å². The molecular formula is C18H14F3NO4. The van der Waals surface area contributed by atoms with Crippen molar-refractivity contribution in [2.45, 2.75) is 6.36 Å². The number of methoxy groups -OCH3 is 2. The highest BCUT2D eigenvalue weighted by Crippen LogP contribution is 2.41. The summed E-state index contributed by atoms with van der Waals surface area (Å²) >= 11 is 0. The molecule has 26 heavy (non-hydrogen) atoms. The molecule has 0 radical (unpaired) electrons. The van der Waals surface area contributed by atoms with E-state index in [0.717, 1.165) is 0 Å². The van der Waals surface area contributed by atoms with Crippen molar-refractivity contribution in [1.82, 2.24) is 0 Å². The Labute approximate surface area is 147 Å². The summed E-state index contributed by atoms with van der Waals surface area (Å²) in [7, 11) is 2.97. The summed E-state index contributed by atoms with van der Waals surface area (Å²) in [6.45, 7) is 0. The van der Waals surface area contributed by atoms with Gasteiger partial charge >= 0.3 is 6.36 Å². The molecule has 0 bridgehead atoms. The SMILES string of the molecule is COc1cc2c(cc1OC)/C(=C/c1ccc(OC(F)(F)F)cc1)C(=O)N2. The molecule has 3 rings (SSSR count). The van der Waals surface area contributed by atoms with E-state index in [1.54, 1.807) is 18.2 Å². The quantitative estimate of drug-likeness (QED) is 0.829. The van der Waals surface area contributed by atoms with E-state index in [9.17, 15) is 18.0 Å². The van der Waals surface area contributed by atoms with E-state index in [2.05, 4.69) is 10.1 Å². The Morgan fingerprint density at radius 1 is 1.00 bits per heavy atom. The van der Waals surface area contributed by atoms with Gasteiger partial charge in [-0.05, 0) is 29.8 Å². The Bertz CT molecular complexity index is 873. The van der Waals surface area contributed by atoms with Crippen LogP contribution in [0.1, 0.15) is 11.1 Å². The maximum absolute atomic E-state index is 12.3. The molecule has 136 valence electrons. The third kappa shape index (κ3) is 3.58. The molecule has 0 aliphatic carbocycles. The molecule has 1 amide bonds. The molecule has 1 aliphatic heterocycles. The van der Waals surface area contributed by atoms with E-state index in [0.29, 0.717) is 33.9 Å². The van der Waals surface area contributed by atoms with Crippen LogP contribution in [-0.4, -0.2) is 26.5 Å². The van der Waals surface area contributed by atoms with Crippen LogP contribution < -0.4 is 19.5 Å². The minimum absolute atomic E-state index is 0.328. The number of halogens is 3. The topological polar surface area (TPSA) is 56.8 Å². The predicted molar refractivity (Wildman–Crippen MR) is 89.2 cm³/mol. The van der Waals surface area contributed by atoms with Crippen LogP contribution in [0, 0.1) is 0 Å². The van der Waals surface area contributed by atoms with Gasteiger partial charge in [-0.3, -0.25) is 4.79 Å². The zero-order valence-electron chi connectivity index (χ0n) is 13.8. The van der Waals surface area contributed by atoms with Crippen LogP contribution in [0.25, 0.3) is 11.6 Å². The van der Waals surface area contributed by atoms with Gasteiger partial charge in [0, 0.05) is 17.2 Å². The molecule has 0 unspecified atom stereocenters. The van der Waals surface area contributed by atoms with Gasteiger partial charge in [-0.1, -0.05) is 12.1 Å². The maximum atomic E-state index is 12.3. The number of anilines is 1. The fraction of sp³-hybridized carbons (Fsp3) is 0.167. The molecule has 0 spiro atoms. The van der Waals surface area contributed by atoms with E-state index in [1.807, 2.05) is 0 Å². The van der Waals surface area contributed by atoms with Crippen molar-refractivity contribution < 1.29 is 32.2 Å². The van der Waals surface area contributed by atoms with Crippen LogP contribution in [-0.2, 0) is 4.79 Å². The van der Waals surface area contributed by atoms with E-state index in [4.69, 9.17) is 9.47 Å². The number of fused-ring (bicyclic) bond motifs is 1. The zero-order valence-corrected chi connectivity index (χ0v) is 13.8. The summed E-state index contributed by atoms with van der Waals surface area (Å²) < 4.78 is 50.9. The first-order valence-corrected chi connectivity index (χ1v) is 7.46. The van der Waals surface area contributed by atoms with Gasteiger partial charge < -0.3 is 19.5 Å². The lowest BCUT2D eigenvalue weighted by molar-refractivity contribution is -0.274. The van der Waals surface area contributed by atoms with Gasteiger partial charge in [-0.25, -0.2) is 0 Å². The van der Waals surface area contributed by atoms with Gasteiger partial charge in [0.25, 0.3) is 5.91 Å².